The van der Waals surface area contributed by atoms with Gasteiger partial charge in [0, 0.05) is 29.4 Å². The smallest absolute Gasteiger partial charge is 0.246 e. The number of nitrogens with zero attached hydrogens (tertiary/aromatic N) is 2. The van der Waals surface area contributed by atoms with Gasteiger partial charge in [-0.25, -0.2) is 12.8 Å². The topological polar surface area (TPSA) is 50.3 Å². The predicted octanol–water partition coefficient (Wildman–Crippen LogP) is 3.81. The normalized spacial score (nSPS) is 18.7. The Kier molecular flexibility index (Phi) is 4.23. The van der Waals surface area contributed by atoms with Gasteiger partial charge in [-0.1, -0.05) is 36.4 Å². The summed E-state index contributed by atoms with van der Waals surface area (Å²) in [7, 11) is -3.80. The minimum absolute atomic E-state index is 0.162. The van der Waals surface area contributed by atoms with Crippen molar-refractivity contribution < 1.29 is 12.8 Å². The average molecular weight is 374 g/mol. The molecule has 1 atom stereocenters. The first-order chi connectivity index (χ1) is 12.1. The van der Waals surface area contributed by atoms with Gasteiger partial charge in [0.1, 0.15) is 10.7 Å². The molecule has 2 heterocycles. The van der Waals surface area contributed by atoms with Gasteiger partial charge >= 0.3 is 0 Å². The largest absolute Gasteiger partial charge is 0.255 e. The molecule has 4 nitrogen and oxygen atoms in total. The van der Waals surface area contributed by atoms with Crippen LogP contribution < -0.4 is 0 Å². The first-order valence-electron chi connectivity index (χ1n) is 7.81. The van der Waals surface area contributed by atoms with Crippen molar-refractivity contribution in [2.45, 2.75) is 10.3 Å². The third kappa shape index (κ3) is 2.82. The molecular weight excluding hydrogens is 359 g/mol. The van der Waals surface area contributed by atoms with E-state index < -0.39 is 21.2 Å². The van der Waals surface area contributed by atoms with E-state index >= 15 is 0 Å². The molecule has 1 fully saturated rings. The van der Waals surface area contributed by atoms with Crippen LogP contribution in [0.4, 0.5) is 4.39 Å². The number of aromatic nitrogens is 1. The van der Waals surface area contributed by atoms with Gasteiger partial charge in [0.25, 0.3) is 0 Å². The molecule has 1 aliphatic rings. The van der Waals surface area contributed by atoms with Gasteiger partial charge in [-0.2, -0.15) is 4.31 Å². The van der Waals surface area contributed by atoms with Crippen molar-refractivity contribution >= 4 is 32.7 Å². The maximum absolute atomic E-state index is 14.2. The molecule has 0 spiro atoms. The molecule has 2 aromatic carbocycles. The molecule has 0 saturated carbocycles. The molecule has 7 heteroatoms. The molecule has 4 rings (SSSR count). The summed E-state index contributed by atoms with van der Waals surface area (Å²) in [5.74, 6) is 0.231. The monoisotopic (exact) mass is 374 g/mol. The highest BCUT2D eigenvalue weighted by Gasteiger charge is 2.38. The summed E-state index contributed by atoms with van der Waals surface area (Å²) in [6, 6.07) is 15.0. The lowest BCUT2D eigenvalue weighted by Gasteiger charge is -2.24. The van der Waals surface area contributed by atoms with Crippen LogP contribution in [-0.4, -0.2) is 30.0 Å². The van der Waals surface area contributed by atoms with E-state index in [0.717, 1.165) is 5.39 Å². The minimum Gasteiger partial charge on any atom is -0.255 e. The van der Waals surface area contributed by atoms with E-state index in [2.05, 4.69) is 4.98 Å². The van der Waals surface area contributed by atoms with Crippen molar-refractivity contribution in [3.63, 3.8) is 0 Å². The van der Waals surface area contributed by atoms with Crippen LogP contribution in [0.3, 0.4) is 0 Å². The van der Waals surface area contributed by atoms with Gasteiger partial charge in [-0.15, -0.1) is 11.8 Å². The zero-order chi connectivity index (χ0) is 17.4. The van der Waals surface area contributed by atoms with E-state index in [1.165, 1.54) is 22.1 Å². The van der Waals surface area contributed by atoms with Crippen LogP contribution in [0.1, 0.15) is 10.9 Å². The summed E-state index contributed by atoms with van der Waals surface area (Å²) in [5.41, 5.74) is 0.830. The fraction of sp³-hybridized carbons (Fsp3) is 0.167. The lowest BCUT2D eigenvalue weighted by atomic mass is 10.2. The molecule has 0 radical (unpaired) electrons. The number of benzene rings is 2. The molecule has 1 aliphatic heterocycles. The molecule has 0 bridgehead atoms. The fourth-order valence-corrected chi connectivity index (χ4v) is 6.45. The highest BCUT2D eigenvalue weighted by atomic mass is 32.2. The van der Waals surface area contributed by atoms with E-state index in [1.54, 1.807) is 42.6 Å². The molecule has 128 valence electrons. The van der Waals surface area contributed by atoms with Crippen molar-refractivity contribution in [3.8, 4) is 0 Å². The molecule has 25 heavy (non-hydrogen) atoms. The van der Waals surface area contributed by atoms with Crippen molar-refractivity contribution in [2.24, 2.45) is 0 Å². The quantitative estimate of drug-likeness (QED) is 0.700. The van der Waals surface area contributed by atoms with Crippen LogP contribution in [0.5, 0.6) is 0 Å². The minimum atomic E-state index is -3.80. The van der Waals surface area contributed by atoms with E-state index in [1.807, 2.05) is 12.1 Å². The van der Waals surface area contributed by atoms with E-state index in [4.69, 9.17) is 0 Å². The summed E-state index contributed by atoms with van der Waals surface area (Å²) in [4.78, 5) is 4.41. The van der Waals surface area contributed by atoms with E-state index in [9.17, 15) is 12.8 Å². The summed E-state index contributed by atoms with van der Waals surface area (Å²) >= 11 is 1.43. The van der Waals surface area contributed by atoms with Crippen molar-refractivity contribution in [3.05, 3.63) is 72.2 Å². The van der Waals surface area contributed by atoms with Gasteiger partial charge in [0.2, 0.25) is 10.0 Å². The Morgan fingerprint density at radius 2 is 1.88 bits per heavy atom. The first-order valence-corrected chi connectivity index (χ1v) is 10.3. The third-order valence-electron chi connectivity index (χ3n) is 4.20. The SMILES string of the molecule is O=S(=O)(c1cccc2cccnc12)N1CCSC1c1ccccc1F. The molecule has 1 saturated heterocycles. The number of sulfonamides is 1. The van der Waals surface area contributed by atoms with Gasteiger partial charge < -0.3 is 0 Å². The molecule has 1 unspecified atom stereocenters. The molecular formula is C18H15FN2O2S2. The fourth-order valence-electron chi connectivity index (χ4n) is 3.03. The number of halogens is 1. The maximum Gasteiger partial charge on any atom is 0.246 e. The highest BCUT2D eigenvalue weighted by Crippen LogP contribution is 2.42. The Bertz CT molecular complexity index is 1030. The van der Waals surface area contributed by atoms with Gasteiger partial charge in [0.15, 0.2) is 0 Å². The number of rotatable bonds is 3. The summed E-state index contributed by atoms with van der Waals surface area (Å²) in [6.45, 7) is 0.342. The van der Waals surface area contributed by atoms with Gasteiger partial charge in [-0.3, -0.25) is 4.98 Å². The van der Waals surface area contributed by atoms with Crippen LogP contribution in [0.25, 0.3) is 10.9 Å². The van der Waals surface area contributed by atoms with Crippen molar-refractivity contribution in [1.82, 2.24) is 9.29 Å². The highest BCUT2D eigenvalue weighted by molar-refractivity contribution is 8.01. The second kappa shape index (κ2) is 6.40. The second-order valence-corrected chi connectivity index (χ2v) is 8.74. The standard InChI is InChI=1S/C18H15FN2O2S2/c19-15-8-2-1-7-14(15)18-21(11-12-24-18)25(22,23)16-9-3-5-13-6-4-10-20-17(13)16/h1-10,18H,11-12H2. The Labute approximate surface area is 149 Å². The number of hydrogen-bond acceptors (Lipinski definition) is 4. The van der Waals surface area contributed by atoms with Crippen molar-refractivity contribution in [1.29, 1.82) is 0 Å². The Balaban J connectivity index is 1.83. The lowest BCUT2D eigenvalue weighted by molar-refractivity contribution is 0.426. The van der Waals surface area contributed by atoms with Crippen molar-refractivity contribution in [2.75, 3.05) is 12.3 Å². The average Bonchev–Trinajstić information content (AvgIpc) is 3.12. The number of fused-ring (bicyclic) bond motifs is 1. The van der Waals surface area contributed by atoms with Crippen LogP contribution in [0.2, 0.25) is 0 Å². The molecule has 3 aromatic rings. The Hall–Kier alpha value is -1.96. The molecule has 0 aliphatic carbocycles. The van der Waals surface area contributed by atoms with E-state index in [-0.39, 0.29) is 4.90 Å². The lowest BCUT2D eigenvalue weighted by Crippen LogP contribution is -2.31. The Morgan fingerprint density at radius 3 is 2.72 bits per heavy atom. The van der Waals surface area contributed by atoms with Gasteiger partial charge in [-0.05, 0) is 18.2 Å². The first kappa shape index (κ1) is 16.5. The molecule has 0 N–H and O–H groups in total. The third-order valence-corrected chi connectivity index (χ3v) is 7.47. The molecule has 1 aromatic heterocycles. The van der Waals surface area contributed by atoms with Crippen LogP contribution in [0, 0.1) is 5.82 Å². The van der Waals surface area contributed by atoms with Crippen LogP contribution in [-0.2, 0) is 10.0 Å². The summed E-state index contributed by atoms with van der Waals surface area (Å²) in [5, 5.41) is 0.197. The number of thioether (sulfide) groups is 1. The van der Waals surface area contributed by atoms with Crippen LogP contribution in [0.15, 0.2) is 65.7 Å². The zero-order valence-electron chi connectivity index (χ0n) is 13.2. The van der Waals surface area contributed by atoms with Crippen LogP contribution >= 0.6 is 11.8 Å². The number of pyridine rings is 1. The van der Waals surface area contributed by atoms with E-state index in [0.29, 0.717) is 23.4 Å². The second-order valence-electron chi connectivity index (χ2n) is 5.69. The van der Waals surface area contributed by atoms with Gasteiger partial charge in [0.05, 0.1) is 10.9 Å². The Morgan fingerprint density at radius 1 is 1.08 bits per heavy atom. The zero-order valence-corrected chi connectivity index (χ0v) is 14.8. The predicted molar refractivity (Wildman–Crippen MR) is 97.2 cm³/mol. The summed E-state index contributed by atoms with van der Waals surface area (Å²) in [6.07, 6.45) is 1.58. The number of hydrogen-bond donors (Lipinski definition) is 0. The summed E-state index contributed by atoms with van der Waals surface area (Å²) < 4.78 is 42.2. The maximum atomic E-state index is 14.2. The number of para-hydroxylation sites is 1. The molecule has 0 amide bonds.